The summed E-state index contributed by atoms with van der Waals surface area (Å²) < 4.78 is 0. The van der Waals surface area contributed by atoms with Crippen LogP contribution in [0.25, 0.3) is 0 Å². The molecule has 0 N–H and O–H groups in total. The number of urea groups is 1. The second kappa shape index (κ2) is 9.92. The first kappa shape index (κ1) is 20.7. The maximum absolute atomic E-state index is 13.1. The molecule has 0 atom stereocenters. The van der Waals surface area contributed by atoms with Gasteiger partial charge in [0.2, 0.25) is 5.91 Å². The highest BCUT2D eigenvalue weighted by Crippen LogP contribution is 2.19. The lowest BCUT2D eigenvalue weighted by molar-refractivity contribution is -0.133. The van der Waals surface area contributed by atoms with E-state index in [9.17, 15) is 9.59 Å². The molecule has 27 heavy (non-hydrogen) atoms. The van der Waals surface area contributed by atoms with Crippen molar-refractivity contribution in [1.29, 1.82) is 0 Å². The number of amides is 3. The third kappa shape index (κ3) is 6.25. The smallest absolute Gasteiger partial charge is 0.320 e. The number of nitrogens with zero attached hydrogens (tertiary/aromatic N) is 3. The molecule has 1 aromatic heterocycles. The molecule has 2 rings (SSSR count). The van der Waals surface area contributed by atoms with Crippen LogP contribution in [0, 0.1) is 6.92 Å². The largest absolute Gasteiger partial charge is 0.332 e. The zero-order valence-electron chi connectivity index (χ0n) is 16.2. The molecule has 0 aliphatic rings. The summed E-state index contributed by atoms with van der Waals surface area (Å²) in [5, 5.41) is 0. The molecule has 0 bridgehead atoms. The van der Waals surface area contributed by atoms with Crippen molar-refractivity contribution < 1.29 is 9.59 Å². The van der Waals surface area contributed by atoms with Gasteiger partial charge in [0, 0.05) is 36.9 Å². The second-order valence-electron chi connectivity index (χ2n) is 6.59. The lowest BCUT2D eigenvalue weighted by atomic mass is 10.2. The molecule has 6 heteroatoms. The van der Waals surface area contributed by atoms with Gasteiger partial charge in [0.15, 0.2) is 0 Å². The van der Waals surface area contributed by atoms with Crippen LogP contribution in [0.15, 0.2) is 55.1 Å². The minimum absolute atomic E-state index is 0.0280. The maximum Gasteiger partial charge on any atom is 0.320 e. The van der Waals surface area contributed by atoms with Gasteiger partial charge >= 0.3 is 6.03 Å². The molecule has 1 heterocycles. The number of carbonyl (C=O) groups excluding carboxylic acids is 2. The van der Waals surface area contributed by atoms with Crippen molar-refractivity contribution in [1.82, 2.24) is 14.7 Å². The van der Waals surface area contributed by atoms with Crippen LogP contribution < -0.4 is 0 Å². The van der Waals surface area contributed by atoms with Crippen molar-refractivity contribution in [3.05, 3.63) is 70.4 Å². The van der Waals surface area contributed by atoms with Crippen LogP contribution >= 0.6 is 11.3 Å². The predicted octanol–water partition coefficient (Wildman–Crippen LogP) is 3.75. The van der Waals surface area contributed by atoms with Gasteiger partial charge in [-0.3, -0.25) is 4.79 Å². The van der Waals surface area contributed by atoms with Gasteiger partial charge < -0.3 is 14.7 Å². The Morgan fingerprint density at radius 2 is 1.74 bits per heavy atom. The molecule has 1 aromatic carbocycles. The maximum atomic E-state index is 13.1. The van der Waals surface area contributed by atoms with E-state index >= 15 is 0 Å². The molecule has 0 fully saturated rings. The molecule has 0 spiro atoms. The Hall–Kier alpha value is -2.60. The number of thiophene rings is 1. The van der Waals surface area contributed by atoms with Gasteiger partial charge in [-0.25, -0.2) is 4.79 Å². The standard InChI is InChI=1S/C21H27N3O2S/c1-5-13-23(21(26)22(3)4)16-20(25)24(14-18-9-7-6-8-10-18)15-19-12-11-17(2)27-19/h5-12H,1,13-16H2,2-4H3. The predicted molar refractivity (Wildman–Crippen MR) is 111 cm³/mol. The molecule has 0 radical (unpaired) electrons. The zero-order chi connectivity index (χ0) is 19.8. The molecule has 3 amide bonds. The van der Waals surface area contributed by atoms with Crippen LogP contribution in [0.5, 0.6) is 0 Å². The summed E-state index contributed by atoms with van der Waals surface area (Å²) >= 11 is 1.69. The van der Waals surface area contributed by atoms with E-state index in [1.54, 1.807) is 36.4 Å². The Kier molecular flexibility index (Phi) is 7.61. The van der Waals surface area contributed by atoms with Gasteiger partial charge in [0.05, 0.1) is 6.54 Å². The average Bonchev–Trinajstić information content (AvgIpc) is 3.05. The summed E-state index contributed by atoms with van der Waals surface area (Å²) in [7, 11) is 3.36. The number of hydrogen-bond acceptors (Lipinski definition) is 3. The summed E-state index contributed by atoms with van der Waals surface area (Å²) in [4.78, 5) is 32.5. The van der Waals surface area contributed by atoms with Crippen LogP contribution in [-0.4, -0.2) is 53.8 Å². The minimum atomic E-state index is -0.199. The van der Waals surface area contributed by atoms with Gasteiger partial charge in [-0.1, -0.05) is 36.4 Å². The third-order valence-electron chi connectivity index (χ3n) is 4.04. The SMILES string of the molecule is C=CCN(CC(=O)N(Cc1ccccc1)Cc1ccc(C)s1)C(=O)N(C)C. The monoisotopic (exact) mass is 385 g/mol. The first-order valence-electron chi connectivity index (χ1n) is 8.85. The van der Waals surface area contributed by atoms with Gasteiger partial charge in [-0.05, 0) is 24.6 Å². The van der Waals surface area contributed by atoms with E-state index in [4.69, 9.17) is 0 Å². The third-order valence-corrected chi connectivity index (χ3v) is 5.03. The minimum Gasteiger partial charge on any atom is -0.332 e. The Balaban J connectivity index is 2.18. The average molecular weight is 386 g/mol. The highest BCUT2D eigenvalue weighted by molar-refractivity contribution is 7.11. The summed E-state index contributed by atoms with van der Waals surface area (Å²) in [5.74, 6) is -0.0815. The topological polar surface area (TPSA) is 43.9 Å². The molecular formula is C21H27N3O2S. The fourth-order valence-corrected chi connectivity index (χ4v) is 3.61. The number of benzene rings is 1. The quantitative estimate of drug-likeness (QED) is 0.650. The number of aryl methyl sites for hydroxylation is 1. The van der Waals surface area contributed by atoms with Gasteiger partial charge in [0.25, 0.3) is 0 Å². The Morgan fingerprint density at radius 3 is 2.30 bits per heavy atom. The molecule has 0 saturated carbocycles. The van der Waals surface area contributed by atoms with E-state index in [0.717, 1.165) is 10.4 Å². The number of hydrogen-bond donors (Lipinski definition) is 0. The Bertz CT molecular complexity index is 771. The van der Waals surface area contributed by atoms with Crippen molar-refractivity contribution in [2.75, 3.05) is 27.2 Å². The summed E-state index contributed by atoms with van der Waals surface area (Å²) in [5.41, 5.74) is 1.06. The van der Waals surface area contributed by atoms with Crippen LogP contribution in [0.2, 0.25) is 0 Å². The second-order valence-corrected chi connectivity index (χ2v) is 7.97. The Labute approximate surface area is 165 Å². The molecular weight excluding hydrogens is 358 g/mol. The highest BCUT2D eigenvalue weighted by atomic mass is 32.1. The van der Waals surface area contributed by atoms with Crippen LogP contribution in [-0.2, 0) is 17.9 Å². The zero-order valence-corrected chi connectivity index (χ0v) is 17.0. The van der Waals surface area contributed by atoms with E-state index in [1.165, 1.54) is 14.7 Å². The molecule has 144 valence electrons. The fraction of sp³-hybridized carbons (Fsp3) is 0.333. The molecule has 0 aliphatic heterocycles. The van der Waals surface area contributed by atoms with Crippen molar-refractivity contribution >= 4 is 23.3 Å². The van der Waals surface area contributed by atoms with E-state index in [-0.39, 0.29) is 18.5 Å². The van der Waals surface area contributed by atoms with Gasteiger partial charge in [-0.15, -0.1) is 17.9 Å². The van der Waals surface area contributed by atoms with Crippen molar-refractivity contribution in [3.63, 3.8) is 0 Å². The first-order chi connectivity index (χ1) is 12.9. The van der Waals surface area contributed by atoms with E-state index in [0.29, 0.717) is 19.6 Å². The molecule has 0 unspecified atom stereocenters. The highest BCUT2D eigenvalue weighted by Gasteiger charge is 2.22. The van der Waals surface area contributed by atoms with Crippen LogP contribution in [0.3, 0.4) is 0 Å². The van der Waals surface area contributed by atoms with E-state index in [2.05, 4.69) is 25.6 Å². The Morgan fingerprint density at radius 1 is 1.04 bits per heavy atom. The van der Waals surface area contributed by atoms with Crippen LogP contribution in [0.1, 0.15) is 15.3 Å². The lowest BCUT2D eigenvalue weighted by Gasteiger charge is -2.28. The number of carbonyl (C=O) groups is 2. The van der Waals surface area contributed by atoms with Gasteiger partial charge in [-0.2, -0.15) is 0 Å². The summed E-state index contributed by atoms with van der Waals surface area (Å²) in [6, 6.07) is 13.8. The molecule has 2 aromatic rings. The first-order valence-corrected chi connectivity index (χ1v) is 9.66. The summed E-state index contributed by atoms with van der Waals surface area (Å²) in [6.45, 7) is 7.15. The van der Waals surface area contributed by atoms with Crippen molar-refractivity contribution in [3.8, 4) is 0 Å². The molecule has 5 nitrogen and oxygen atoms in total. The van der Waals surface area contributed by atoms with Gasteiger partial charge in [0.1, 0.15) is 6.54 Å². The molecule has 0 aliphatic carbocycles. The lowest BCUT2D eigenvalue weighted by Crippen LogP contribution is -2.46. The van der Waals surface area contributed by atoms with E-state index in [1.807, 2.05) is 30.3 Å². The van der Waals surface area contributed by atoms with Crippen molar-refractivity contribution in [2.24, 2.45) is 0 Å². The van der Waals surface area contributed by atoms with Crippen molar-refractivity contribution in [2.45, 2.75) is 20.0 Å². The van der Waals surface area contributed by atoms with Crippen LogP contribution in [0.4, 0.5) is 4.79 Å². The molecule has 0 saturated heterocycles. The summed E-state index contributed by atoms with van der Waals surface area (Å²) in [6.07, 6.45) is 1.64. The fourth-order valence-electron chi connectivity index (χ4n) is 2.71. The van der Waals surface area contributed by atoms with E-state index < -0.39 is 0 Å². The number of rotatable bonds is 8. The normalized spacial score (nSPS) is 10.3.